The molecule has 0 bridgehead atoms. The van der Waals surface area contributed by atoms with Gasteiger partial charge in [0.25, 0.3) is 0 Å². The van der Waals surface area contributed by atoms with Gasteiger partial charge < -0.3 is 4.74 Å². The summed E-state index contributed by atoms with van der Waals surface area (Å²) in [6, 6.07) is 0. The molecule has 0 aliphatic carbocycles. The van der Waals surface area contributed by atoms with Crippen LogP contribution in [-0.2, 0) is 4.74 Å². The van der Waals surface area contributed by atoms with E-state index < -0.39 is 0 Å². The van der Waals surface area contributed by atoms with Gasteiger partial charge in [0, 0.05) is 17.7 Å². The monoisotopic (exact) mass is 163 g/mol. The Balaban J connectivity index is 2.29. The second-order valence-corrected chi connectivity index (χ2v) is 3.28. The van der Waals surface area contributed by atoms with Crippen molar-refractivity contribution in [3.8, 4) is 0 Å². The lowest BCUT2D eigenvalue weighted by atomic mass is 10.1. The van der Waals surface area contributed by atoms with Gasteiger partial charge >= 0.3 is 0 Å². The predicted molar refractivity (Wildman–Crippen MR) is 49.0 cm³/mol. The van der Waals surface area contributed by atoms with Crippen LogP contribution >= 0.6 is 0 Å². The molecule has 64 valence electrons. The first-order chi connectivity index (χ1) is 5.86. The van der Waals surface area contributed by atoms with Crippen molar-refractivity contribution in [1.82, 2.24) is 0 Å². The third kappa shape index (κ3) is 1.42. The van der Waals surface area contributed by atoms with Crippen LogP contribution in [0.3, 0.4) is 0 Å². The van der Waals surface area contributed by atoms with E-state index in [4.69, 9.17) is 4.74 Å². The average molecular weight is 163 g/mol. The van der Waals surface area contributed by atoms with Crippen LogP contribution in [0.4, 0.5) is 0 Å². The maximum atomic E-state index is 5.44. The fourth-order valence-corrected chi connectivity index (χ4v) is 1.41. The van der Waals surface area contributed by atoms with Crippen molar-refractivity contribution in [3.63, 3.8) is 0 Å². The van der Waals surface area contributed by atoms with Crippen LogP contribution in [0.5, 0.6) is 0 Å². The van der Waals surface area contributed by atoms with Crippen LogP contribution in [0, 0.1) is 5.92 Å². The lowest BCUT2D eigenvalue weighted by Crippen LogP contribution is -2.03. The largest absolute Gasteiger partial charge is 0.477 e. The Morgan fingerprint density at radius 1 is 1.58 bits per heavy atom. The fourth-order valence-electron chi connectivity index (χ4n) is 1.41. The molecule has 2 aliphatic heterocycles. The van der Waals surface area contributed by atoms with Crippen LogP contribution in [-0.4, -0.2) is 12.8 Å². The number of allylic oxidation sites excluding steroid dienone is 3. The van der Waals surface area contributed by atoms with E-state index >= 15 is 0 Å². The molecular weight excluding hydrogens is 150 g/mol. The first kappa shape index (κ1) is 7.59. The molecule has 0 radical (unpaired) electrons. The molecule has 0 saturated carbocycles. The third-order valence-corrected chi connectivity index (χ3v) is 2.13. The van der Waals surface area contributed by atoms with E-state index in [1.54, 1.807) is 0 Å². The summed E-state index contributed by atoms with van der Waals surface area (Å²) in [5, 5.41) is 0. The topological polar surface area (TPSA) is 21.6 Å². The highest BCUT2D eigenvalue weighted by molar-refractivity contribution is 5.65. The van der Waals surface area contributed by atoms with Crippen molar-refractivity contribution in [2.45, 2.75) is 19.8 Å². The molecule has 2 rings (SSSR count). The lowest BCUT2D eigenvalue weighted by Gasteiger charge is -2.14. The van der Waals surface area contributed by atoms with Gasteiger partial charge in [-0.15, -0.1) is 0 Å². The molecule has 0 aromatic rings. The summed E-state index contributed by atoms with van der Waals surface area (Å²) < 4.78 is 5.44. The number of rotatable bonds is 0. The van der Waals surface area contributed by atoms with Crippen LogP contribution in [0.15, 0.2) is 28.6 Å². The Kier molecular flexibility index (Phi) is 1.98. The third-order valence-electron chi connectivity index (χ3n) is 2.13. The molecule has 1 unspecified atom stereocenters. The molecule has 0 N–H and O–H groups in total. The van der Waals surface area contributed by atoms with Crippen LogP contribution in [0.25, 0.3) is 0 Å². The minimum Gasteiger partial charge on any atom is -0.477 e. The number of ether oxygens (including phenoxy) is 1. The summed E-state index contributed by atoms with van der Waals surface area (Å²) >= 11 is 0. The van der Waals surface area contributed by atoms with Gasteiger partial charge in [0.05, 0.1) is 6.61 Å². The van der Waals surface area contributed by atoms with Gasteiger partial charge in [-0.1, -0.05) is 19.1 Å². The molecule has 2 aliphatic rings. The van der Waals surface area contributed by atoms with E-state index in [9.17, 15) is 0 Å². The van der Waals surface area contributed by atoms with Crippen molar-refractivity contribution >= 4 is 6.21 Å². The Labute approximate surface area is 72.6 Å². The predicted octanol–water partition coefficient (Wildman–Crippen LogP) is 2.29. The summed E-state index contributed by atoms with van der Waals surface area (Å²) in [5.74, 6) is 1.26. The molecular formula is C10H13NO. The summed E-state index contributed by atoms with van der Waals surface area (Å²) in [4.78, 5) is 4.30. The lowest BCUT2D eigenvalue weighted by molar-refractivity contribution is 0.188. The normalized spacial score (nSPS) is 27.9. The Bertz CT molecular complexity index is 237. The van der Waals surface area contributed by atoms with Crippen LogP contribution < -0.4 is 0 Å². The van der Waals surface area contributed by atoms with E-state index in [1.807, 2.05) is 6.21 Å². The van der Waals surface area contributed by atoms with Gasteiger partial charge in [-0.3, -0.25) is 0 Å². The minimum absolute atomic E-state index is 0.430. The zero-order valence-corrected chi connectivity index (χ0v) is 7.29. The maximum absolute atomic E-state index is 5.44. The highest BCUT2D eigenvalue weighted by Gasteiger charge is 2.12. The number of nitrogens with zero attached hydrogens (tertiary/aromatic N) is 1. The number of hydrogen-bond acceptors (Lipinski definition) is 2. The Morgan fingerprint density at radius 3 is 3.42 bits per heavy atom. The van der Waals surface area contributed by atoms with Crippen LogP contribution in [0.2, 0.25) is 0 Å². The highest BCUT2D eigenvalue weighted by atomic mass is 16.5. The molecule has 1 atom stereocenters. The van der Waals surface area contributed by atoms with Crippen molar-refractivity contribution in [3.05, 3.63) is 23.6 Å². The first-order valence-electron chi connectivity index (χ1n) is 4.44. The van der Waals surface area contributed by atoms with Crippen molar-refractivity contribution < 1.29 is 4.74 Å². The van der Waals surface area contributed by atoms with Crippen LogP contribution in [0.1, 0.15) is 19.8 Å². The minimum atomic E-state index is 0.430. The maximum Gasteiger partial charge on any atom is 0.216 e. The van der Waals surface area contributed by atoms with Crippen molar-refractivity contribution in [2.75, 3.05) is 6.61 Å². The molecule has 0 saturated heterocycles. The summed E-state index contributed by atoms with van der Waals surface area (Å²) in [7, 11) is 0. The first-order valence-corrected chi connectivity index (χ1v) is 4.44. The summed E-state index contributed by atoms with van der Waals surface area (Å²) in [6.45, 7) is 2.94. The summed E-state index contributed by atoms with van der Waals surface area (Å²) in [6.07, 6.45) is 8.47. The fraction of sp³-hybridized carbons (Fsp3) is 0.500. The molecule has 2 nitrogen and oxygen atoms in total. The zero-order valence-electron chi connectivity index (χ0n) is 7.29. The standard InChI is InChI=1S/C10H13NO/c1-8-4-5-9-3-2-6-12-10(9)11-7-8/h4-5,7-8H,2-3,6H2,1H3. The van der Waals surface area contributed by atoms with Gasteiger partial charge in [0.2, 0.25) is 5.88 Å². The molecule has 0 spiro atoms. The molecule has 0 fully saturated rings. The van der Waals surface area contributed by atoms with E-state index in [1.165, 1.54) is 5.57 Å². The van der Waals surface area contributed by atoms with E-state index in [0.717, 1.165) is 25.3 Å². The SMILES string of the molecule is CC1C=CC2=C(N=C1)OCCC2. The molecule has 2 heterocycles. The zero-order chi connectivity index (χ0) is 8.39. The van der Waals surface area contributed by atoms with E-state index in [-0.39, 0.29) is 0 Å². The summed E-state index contributed by atoms with van der Waals surface area (Å²) in [5.41, 5.74) is 1.25. The van der Waals surface area contributed by atoms with Gasteiger partial charge in [0.1, 0.15) is 0 Å². The Hall–Kier alpha value is -1.05. The molecule has 2 heteroatoms. The second-order valence-electron chi connectivity index (χ2n) is 3.28. The van der Waals surface area contributed by atoms with Gasteiger partial charge in [-0.05, 0) is 12.8 Å². The van der Waals surface area contributed by atoms with Crippen molar-refractivity contribution in [2.24, 2.45) is 10.9 Å². The molecule has 0 amide bonds. The average Bonchev–Trinajstić information content (AvgIpc) is 2.29. The smallest absolute Gasteiger partial charge is 0.216 e. The number of aliphatic imine (C=N–C) groups is 1. The highest BCUT2D eigenvalue weighted by Crippen LogP contribution is 2.23. The van der Waals surface area contributed by atoms with Crippen molar-refractivity contribution in [1.29, 1.82) is 0 Å². The number of hydrogen-bond donors (Lipinski definition) is 0. The van der Waals surface area contributed by atoms with Gasteiger partial charge in [-0.25, -0.2) is 4.99 Å². The Morgan fingerprint density at radius 2 is 2.50 bits per heavy atom. The second kappa shape index (κ2) is 3.13. The molecule has 0 aromatic carbocycles. The van der Waals surface area contributed by atoms with Gasteiger partial charge in [0.15, 0.2) is 0 Å². The quantitative estimate of drug-likeness (QED) is 0.537. The molecule has 12 heavy (non-hydrogen) atoms. The van der Waals surface area contributed by atoms with Gasteiger partial charge in [-0.2, -0.15) is 0 Å². The van der Waals surface area contributed by atoms with E-state index in [2.05, 4.69) is 24.1 Å². The molecule has 0 aromatic heterocycles. The van der Waals surface area contributed by atoms with E-state index in [0.29, 0.717) is 5.92 Å².